The number of carbonyl (C=O) groups is 3. The molecule has 0 bridgehead atoms. The van der Waals surface area contributed by atoms with E-state index in [4.69, 9.17) is 11.6 Å². The highest BCUT2D eigenvalue weighted by atomic mass is 35.5. The van der Waals surface area contributed by atoms with E-state index < -0.39 is 11.7 Å². The molecule has 2 aromatic rings. The first-order valence-corrected chi connectivity index (χ1v) is 8.53. The fourth-order valence-electron chi connectivity index (χ4n) is 2.23. The molecule has 2 aromatic carbocycles. The Hall–Kier alpha value is -2.93. The van der Waals surface area contributed by atoms with Crippen molar-refractivity contribution in [2.24, 2.45) is 0 Å². The predicted molar refractivity (Wildman–Crippen MR) is 103 cm³/mol. The summed E-state index contributed by atoms with van der Waals surface area (Å²) in [5, 5.41) is 5.27. The Balaban J connectivity index is 1.82. The quantitative estimate of drug-likeness (QED) is 0.793. The van der Waals surface area contributed by atoms with Crippen LogP contribution in [0.15, 0.2) is 42.5 Å². The number of anilines is 2. The lowest BCUT2D eigenvalue weighted by Gasteiger charge is -2.15. The number of halogens is 2. The van der Waals surface area contributed by atoms with Gasteiger partial charge in [0.05, 0.1) is 10.6 Å². The van der Waals surface area contributed by atoms with Gasteiger partial charge in [0, 0.05) is 38.3 Å². The Morgan fingerprint density at radius 2 is 1.78 bits per heavy atom. The summed E-state index contributed by atoms with van der Waals surface area (Å²) in [7, 11) is 1.66. The van der Waals surface area contributed by atoms with E-state index in [9.17, 15) is 18.8 Å². The predicted octanol–water partition coefficient (Wildman–Crippen LogP) is 3.22. The summed E-state index contributed by atoms with van der Waals surface area (Å²) in [6.45, 7) is 1.56. The molecule has 0 aliphatic rings. The lowest BCUT2D eigenvalue weighted by Crippen LogP contribution is -2.28. The van der Waals surface area contributed by atoms with Gasteiger partial charge in [-0.15, -0.1) is 0 Å². The van der Waals surface area contributed by atoms with E-state index in [1.54, 1.807) is 31.3 Å². The molecule has 0 heterocycles. The SMILES string of the molecule is CC(=O)N(C)c1ccc(NC(=O)CCNC(=O)c2ccc(F)cc2Cl)cc1. The second kappa shape index (κ2) is 9.14. The minimum absolute atomic E-state index is 0.00701. The summed E-state index contributed by atoms with van der Waals surface area (Å²) in [6, 6.07) is 10.3. The van der Waals surface area contributed by atoms with Crippen LogP contribution >= 0.6 is 11.6 Å². The largest absolute Gasteiger partial charge is 0.351 e. The third-order valence-corrected chi connectivity index (χ3v) is 4.14. The molecule has 0 saturated carbocycles. The number of nitrogens with zero attached hydrogens (tertiary/aromatic N) is 1. The maximum absolute atomic E-state index is 13.0. The van der Waals surface area contributed by atoms with Gasteiger partial charge < -0.3 is 15.5 Å². The van der Waals surface area contributed by atoms with Crippen molar-refractivity contribution in [1.29, 1.82) is 0 Å². The van der Waals surface area contributed by atoms with E-state index >= 15 is 0 Å². The van der Waals surface area contributed by atoms with Crippen LogP contribution in [0.25, 0.3) is 0 Å². The fourth-order valence-corrected chi connectivity index (χ4v) is 2.49. The van der Waals surface area contributed by atoms with Gasteiger partial charge in [0.1, 0.15) is 5.82 Å². The molecule has 0 atom stereocenters. The van der Waals surface area contributed by atoms with Crippen LogP contribution in [0.1, 0.15) is 23.7 Å². The average molecular weight is 392 g/mol. The van der Waals surface area contributed by atoms with Gasteiger partial charge in [-0.05, 0) is 42.5 Å². The van der Waals surface area contributed by atoms with Gasteiger partial charge in [-0.1, -0.05) is 11.6 Å². The topological polar surface area (TPSA) is 78.5 Å². The summed E-state index contributed by atoms with van der Waals surface area (Å²) in [5.41, 5.74) is 1.43. The zero-order valence-electron chi connectivity index (χ0n) is 14.9. The Kier molecular flexibility index (Phi) is 6.90. The van der Waals surface area contributed by atoms with Crippen molar-refractivity contribution in [2.75, 3.05) is 23.8 Å². The van der Waals surface area contributed by atoms with Crippen molar-refractivity contribution >= 4 is 40.7 Å². The molecule has 6 nitrogen and oxygen atoms in total. The molecule has 2 rings (SSSR count). The molecular weight excluding hydrogens is 373 g/mol. The molecule has 0 aliphatic heterocycles. The Bertz CT molecular complexity index is 856. The van der Waals surface area contributed by atoms with E-state index in [0.29, 0.717) is 11.4 Å². The van der Waals surface area contributed by atoms with Crippen LogP contribution in [0.5, 0.6) is 0 Å². The Morgan fingerprint density at radius 1 is 1.11 bits per heavy atom. The average Bonchev–Trinajstić information content (AvgIpc) is 2.61. The third kappa shape index (κ3) is 5.79. The van der Waals surface area contributed by atoms with E-state index in [1.165, 1.54) is 17.9 Å². The maximum atomic E-state index is 13.0. The Morgan fingerprint density at radius 3 is 2.37 bits per heavy atom. The number of hydrogen-bond acceptors (Lipinski definition) is 3. The normalized spacial score (nSPS) is 10.2. The van der Waals surface area contributed by atoms with Crippen LogP contribution in [-0.2, 0) is 9.59 Å². The minimum Gasteiger partial charge on any atom is -0.351 e. The highest BCUT2D eigenvalue weighted by Gasteiger charge is 2.12. The molecule has 0 spiro atoms. The molecule has 8 heteroatoms. The van der Waals surface area contributed by atoms with Crippen LogP contribution in [0.4, 0.5) is 15.8 Å². The zero-order chi connectivity index (χ0) is 20.0. The van der Waals surface area contributed by atoms with Gasteiger partial charge >= 0.3 is 0 Å². The van der Waals surface area contributed by atoms with Crippen LogP contribution in [0, 0.1) is 5.82 Å². The van der Waals surface area contributed by atoms with E-state index in [0.717, 1.165) is 12.1 Å². The first-order chi connectivity index (χ1) is 12.8. The lowest BCUT2D eigenvalue weighted by molar-refractivity contribution is -0.117. The third-order valence-electron chi connectivity index (χ3n) is 3.82. The van der Waals surface area contributed by atoms with E-state index in [2.05, 4.69) is 10.6 Å². The van der Waals surface area contributed by atoms with Crippen LogP contribution in [0.3, 0.4) is 0 Å². The molecule has 2 N–H and O–H groups in total. The van der Waals surface area contributed by atoms with Crippen molar-refractivity contribution < 1.29 is 18.8 Å². The van der Waals surface area contributed by atoms with Gasteiger partial charge in [-0.2, -0.15) is 0 Å². The summed E-state index contributed by atoms with van der Waals surface area (Å²) in [4.78, 5) is 36.8. The van der Waals surface area contributed by atoms with Gasteiger partial charge in [0.2, 0.25) is 11.8 Å². The van der Waals surface area contributed by atoms with Crippen molar-refractivity contribution in [2.45, 2.75) is 13.3 Å². The molecule has 3 amide bonds. The summed E-state index contributed by atoms with van der Waals surface area (Å²) in [6.07, 6.45) is 0.0552. The summed E-state index contributed by atoms with van der Waals surface area (Å²) in [5.74, 6) is -1.39. The number of nitrogens with one attached hydrogen (secondary N) is 2. The van der Waals surface area contributed by atoms with E-state index in [1.807, 2.05) is 0 Å². The Labute approximate surface area is 161 Å². The summed E-state index contributed by atoms with van der Waals surface area (Å²) < 4.78 is 13.0. The van der Waals surface area contributed by atoms with Crippen LogP contribution < -0.4 is 15.5 Å². The standard InChI is InChI=1S/C19H19ClFN3O3/c1-12(25)24(2)15-6-4-14(5-7-15)23-18(26)9-10-22-19(27)16-8-3-13(21)11-17(16)20/h3-8,11H,9-10H2,1-2H3,(H,22,27)(H,23,26). The fraction of sp³-hybridized carbons (Fsp3) is 0.211. The number of rotatable bonds is 6. The molecular formula is C19H19ClFN3O3. The van der Waals surface area contributed by atoms with Gasteiger partial charge in [-0.25, -0.2) is 4.39 Å². The van der Waals surface area contributed by atoms with Gasteiger partial charge in [0.15, 0.2) is 0 Å². The highest BCUT2D eigenvalue weighted by Crippen LogP contribution is 2.18. The number of carbonyl (C=O) groups excluding carboxylic acids is 3. The second-order valence-electron chi connectivity index (χ2n) is 5.80. The molecule has 0 fully saturated rings. The van der Waals surface area contributed by atoms with Gasteiger partial charge in [0.25, 0.3) is 5.91 Å². The smallest absolute Gasteiger partial charge is 0.252 e. The monoisotopic (exact) mass is 391 g/mol. The number of benzene rings is 2. The van der Waals surface area contributed by atoms with Crippen LogP contribution in [-0.4, -0.2) is 31.3 Å². The van der Waals surface area contributed by atoms with E-state index in [-0.39, 0.29) is 35.4 Å². The maximum Gasteiger partial charge on any atom is 0.252 e. The molecule has 0 aromatic heterocycles. The van der Waals surface area contributed by atoms with Crippen molar-refractivity contribution in [3.05, 3.63) is 58.9 Å². The highest BCUT2D eigenvalue weighted by molar-refractivity contribution is 6.33. The number of amides is 3. The second-order valence-corrected chi connectivity index (χ2v) is 6.21. The molecule has 142 valence electrons. The number of hydrogen-bond donors (Lipinski definition) is 2. The van der Waals surface area contributed by atoms with Crippen molar-refractivity contribution in [3.63, 3.8) is 0 Å². The van der Waals surface area contributed by atoms with Crippen molar-refractivity contribution in [3.8, 4) is 0 Å². The molecule has 0 saturated heterocycles. The molecule has 0 unspecified atom stereocenters. The molecule has 0 aliphatic carbocycles. The van der Waals surface area contributed by atoms with Crippen LogP contribution in [0.2, 0.25) is 5.02 Å². The molecule has 27 heavy (non-hydrogen) atoms. The zero-order valence-corrected chi connectivity index (χ0v) is 15.6. The first kappa shape index (κ1) is 20.4. The summed E-state index contributed by atoms with van der Waals surface area (Å²) >= 11 is 5.82. The minimum atomic E-state index is -0.531. The first-order valence-electron chi connectivity index (χ1n) is 8.15. The van der Waals surface area contributed by atoms with Gasteiger partial charge in [-0.3, -0.25) is 14.4 Å². The molecule has 0 radical (unpaired) electrons. The lowest BCUT2D eigenvalue weighted by atomic mass is 10.2. The van der Waals surface area contributed by atoms with Crippen molar-refractivity contribution in [1.82, 2.24) is 5.32 Å².